The topological polar surface area (TPSA) is 129 Å². The van der Waals surface area contributed by atoms with Crippen molar-refractivity contribution < 1.29 is 17.9 Å². The Bertz CT molecular complexity index is 1220. The summed E-state index contributed by atoms with van der Waals surface area (Å²) in [7, 11) is -3.44. The molecule has 10 nitrogen and oxygen atoms in total. The number of anilines is 2. The van der Waals surface area contributed by atoms with Crippen LogP contribution in [-0.2, 0) is 19.6 Å². The van der Waals surface area contributed by atoms with E-state index in [1.807, 2.05) is 17.0 Å². The number of aromatic amines is 1. The standard InChI is InChI=1S/C20H24N6O4S/c1-13-17(25-31(2,28)29)9-15(10-21-13)14-7-18(16-11-22-24-19(16)8-14)23-20(27)12-26-3-5-30-6-4-26/h7-11,25H,3-6,12H2,1-2H3,(H,22,24)(H,23,27). The summed E-state index contributed by atoms with van der Waals surface area (Å²) in [5, 5.41) is 10.8. The number of amides is 1. The number of aromatic nitrogens is 3. The average molecular weight is 445 g/mol. The third kappa shape index (κ3) is 5.19. The lowest BCUT2D eigenvalue weighted by atomic mass is 10.0. The molecule has 1 fully saturated rings. The van der Waals surface area contributed by atoms with Crippen LogP contribution >= 0.6 is 0 Å². The first kappa shape index (κ1) is 21.2. The minimum Gasteiger partial charge on any atom is -0.379 e. The molecule has 1 aromatic carbocycles. The summed E-state index contributed by atoms with van der Waals surface area (Å²) in [5.41, 5.74) is 3.81. The molecular weight excluding hydrogens is 420 g/mol. The number of fused-ring (bicyclic) bond motifs is 1. The molecule has 31 heavy (non-hydrogen) atoms. The lowest BCUT2D eigenvalue weighted by molar-refractivity contribution is -0.118. The molecule has 1 aliphatic rings. The molecule has 2 aromatic heterocycles. The van der Waals surface area contributed by atoms with Gasteiger partial charge in [-0.25, -0.2) is 8.42 Å². The fourth-order valence-corrected chi connectivity index (χ4v) is 4.07. The molecule has 1 saturated heterocycles. The Morgan fingerprint density at radius 1 is 1.16 bits per heavy atom. The Labute approximate surface area is 180 Å². The molecule has 0 bridgehead atoms. The third-order valence-electron chi connectivity index (χ3n) is 5.02. The first-order chi connectivity index (χ1) is 14.8. The van der Waals surface area contributed by atoms with E-state index in [9.17, 15) is 13.2 Å². The van der Waals surface area contributed by atoms with Crippen molar-refractivity contribution in [1.82, 2.24) is 20.1 Å². The van der Waals surface area contributed by atoms with Gasteiger partial charge in [0.15, 0.2) is 0 Å². The molecule has 3 heterocycles. The van der Waals surface area contributed by atoms with Gasteiger partial charge in [-0.3, -0.25) is 24.5 Å². The molecule has 164 valence electrons. The summed E-state index contributed by atoms with van der Waals surface area (Å²) in [5.74, 6) is -0.122. The number of hydrogen-bond acceptors (Lipinski definition) is 7. The lowest BCUT2D eigenvalue weighted by Gasteiger charge is -2.25. The van der Waals surface area contributed by atoms with Crippen molar-refractivity contribution in [3.63, 3.8) is 0 Å². The molecule has 4 rings (SSSR count). The highest BCUT2D eigenvalue weighted by molar-refractivity contribution is 7.92. The molecule has 0 saturated carbocycles. The lowest BCUT2D eigenvalue weighted by Crippen LogP contribution is -2.41. The van der Waals surface area contributed by atoms with Gasteiger partial charge in [0.25, 0.3) is 0 Å². The van der Waals surface area contributed by atoms with Crippen LogP contribution in [0.25, 0.3) is 22.0 Å². The number of ether oxygens (including phenoxy) is 1. The highest BCUT2D eigenvalue weighted by atomic mass is 32.2. The molecule has 3 N–H and O–H groups in total. The number of nitrogens with zero attached hydrogens (tertiary/aromatic N) is 3. The highest BCUT2D eigenvalue weighted by Gasteiger charge is 2.16. The number of carbonyl (C=O) groups excluding carboxylic acids is 1. The van der Waals surface area contributed by atoms with Crippen molar-refractivity contribution in [1.29, 1.82) is 0 Å². The summed E-state index contributed by atoms with van der Waals surface area (Å²) in [6.07, 6.45) is 4.42. The number of H-pyrrole nitrogens is 1. The Kier molecular flexibility index (Phi) is 5.90. The molecule has 0 unspecified atom stereocenters. The zero-order valence-corrected chi connectivity index (χ0v) is 18.1. The predicted molar refractivity (Wildman–Crippen MR) is 118 cm³/mol. The van der Waals surface area contributed by atoms with Gasteiger partial charge in [0.1, 0.15) is 0 Å². The van der Waals surface area contributed by atoms with E-state index >= 15 is 0 Å². The molecule has 0 spiro atoms. The smallest absolute Gasteiger partial charge is 0.238 e. The molecule has 11 heteroatoms. The van der Waals surface area contributed by atoms with Crippen LogP contribution in [0.3, 0.4) is 0 Å². The maximum Gasteiger partial charge on any atom is 0.238 e. The minimum atomic E-state index is -3.44. The van der Waals surface area contributed by atoms with Crippen LogP contribution in [0, 0.1) is 6.92 Å². The van der Waals surface area contributed by atoms with E-state index in [0.29, 0.717) is 35.8 Å². The number of hydrogen-bond donors (Lipinski definition) is 3. The number of benzene rings is 1. The predicted octanol–water partition coefficient (Wildman–Crippen LogP) is 1.58. The number of aryl methyl sites for hydroxylation is 1. The van der Waals surface area contributed by atoms with Gasteiger partial charge in [0.05, 0.1) is 54.8 Å². The normalized spacial score (nSPS) is 15.2. The number of sulfonamides is 1. The minimum absolute atomic E-state index is 0.122. The second kappa shape index (κ2) is 8.61. The first-order valence-electron chi connectivity index (χ1n) is 9.80. The van der Waals surface area contributed by atoms with E-state index < -0.39 is 10.0 Å². The van der Waals surface area contributed by atoms with Gasteiger partial charge in [-0.15, -0.1) is 0 Å². The summed E-state index contributed by atoms with van der Waals surface area (Å²) >= 11 is 0. The van der Waals surface area contributed by atoms with Crippen LogP contribution in [0.2, 0.25) is 0 Å². The van der Waals surface area contributed by atoms with Gasteiger partial charge in [-0.1, -0.05) is 0 Å². The van der Waals surface area contributed by atoms with Gasteiger partial charge in [0, 0.05) is 30.2 Å². The third-order valence-corrected chi connectivity index (χ3v) is 5.61. The van der Waals surface area contributed by atoms with Crippen molar-refractivity contribution in [2.24, 2.45) is 0 Å². The van der Waals surface area contributed by atoms with Crippen LogP contribution < -0.4 is 10.0 Å². The summed E-state index contributed by atoms with van der Waals surface area (Å²) < 4.78 is 31.1. The molecule has 0 aliphatic carbocycles. The Morgan fingerprint density at radius 2 is 1.90 bits per heavy atom. The van der Waals surface area contributed by atoms with Gasteiger partial charge in [-0.05, 0) is 30.7 Å². The summed E-state index contributed by atoms with van der Waals surface area (Å²) in [6.45, 7) is 4.70. The Hall–Kier alpha value is -3.02. The average Bonchev–Trinajstić information content (AvgIpc) is 3.18. The molecule has 3 aromatic rings. The number of morpholine rings is 1. The van der Waals surface area contributed by atoms with E-state index in [-0.39, 0.29) is 12.5 Å². The molecule has 1 aliphatic heterocycles. The number of nitrogens with one attached hydrogen (secondary N) is 3. The Morgan fingerprint density at radius 3 is 2.65 bits per heavy atom. The zero-order valence-electron chi connectivity index (χ0n) is 17.3. The van der Waals surface area contributed by atoms with Crippen molar-refractivity contribution in [2.45, 2.75) is 6.92 Å². The van der Waals surface area contributed by atoms with E-state index in [1.165, 1.54) is 0 Å². The second-order valence-electron chi connectivity index (χ2n) is 7.52. The maximum atomic E-state index is 12.6. The van der Waals surface area contributed by atoms with Gasteiger partial charge < -0.3 is 10.1 Å². The van der Waals surface area contributed by atoms with Crippen molar-refractivity contribution in [2.75, 3.05) is 49.1 Å². The van der Waals surface area contributed by atoms with Crippen molar-refractivity contribution in [3.8, 4) is 11.1 Å². The second-order valence-corrected chi connectivity index (χ2v) is 9.27. The fraction of sp³-hybridized carbons (Fsp3) is 0.350. The van der Waals surface area contributed by atoms with Crippen molar-refractivity contribution in [3.05, 3.63) is 36.3 Å². The van der Waals surface area contributed by atoms with Gasteiger partial charge >= 0.3 is 0 Å². The van der Waals surface area contributed by atoms with Crippen molar-refractivity contribution >= 4 is 38.2 Å². The summed E-state index contributed by atoms with van der Waals surface area (Å²) in [4.78, 5) is 19.0. The fourth-order valence-electron chi connectivity index (χ4n) is 3.47. The number of rotatable bonds is 6. The van der Waals surface area contributed by atoms with Crippen LogP contribution in [0.4, 0.5) is 11.4 Å². The van der Waals surface area contributed by atoms with Crippen LogP contribution in [-0.4, -0.2) is 73.5 Å². The maximum absolute atomic E-state index is 12.6. The largest absolute Gasteiger partial charge is 0.379 e. The number of carbonyl (C=O) groups is 1. The Balaban J connectivity index is 1.64. The summed E-state index contributed by atoms with van der Waals surface area (Å²) in [6, 6.07) is 5.45. The molecule has 0 radical (unpaired) electrons. The zero-order chi connectivity index (χ0) is 22.0. The number of pyridine rings is 1. The van der Waals surface area contributed by atoms with E-state index in [0.717, 1.165) is 35.8 Å². The van der Waals surface area contributed by atoms with E-state index in [1.54, 1.807) is 25.4 Å². The van der Waals surface area contributed by atoms with Gasteiger partial charge in [0.2, 0.25) is 15.9 Å². The van der Waals surface area contributed by atoms with Gasteiger partial charge in [-0.2, -0.15) is 5.10 Å². The van der Waals surface area contributed by atoms with Crippen LogP contribution in [0.5, 0.6) is 0 Å². The van der Waals surface area contributed by atoms with Crippen LogP contribution in [0.1, 0.15) is 5.69 Å². The SMILES string of the molecule is Cc1ncc(-c2cc(NC(=O)CN3CCOCC3)c3cn[nH]c3c2)cc1NS(C)(=O)=O. The molecule has 1 amide bonds. The molecule has 0 atom stereocenters. The van der Waals surface area contributed by atoms with E-state index in [4.69, 9.17) is 4.74 Å². The van der Waals surface area contributed by atoms with E-state index in [2.05, 4.69) is 25.2 Å². The first-order valence-corrected chi connectivity index (χ1v) is 11.7. The molecular formula is C20H24N6O4S. The highest BCUT2D eigenvalue weighted by Crippen LogP contribution is 2.31. The monoisotopic (exact) mass is 444 g/mol. The quantitative estimate of drug-likeness (QED) is 0.526. The van der Waals surface area contributed by atoms with Crippen LogP contribution in [0.15, 0.2) is 30.6 Å².